The Morgan fingerprint density at radius 3 is 2.39 bits per heavy atom. The van der Waals surface area contributed by atoms with E-state index in [1.165, 1.54) is 6.92 Å². The molecule has 9 heteroatoms. The van der Waals surface area contributed by atoms with E-state index in [1.54, 1.807) is 32.0 Å². The van der Waals surface area contributed by atoms with Gasteiger partial charge in [-0.15, -0.1) is 0 Å². The van der Waals surface area contributed by atoms with E-state index in [0.717, 1.165) is 5.56 Å². The molecule has 1 aromatic rings. The summed E-state index contributed by atoms with van der Waals surface area (Å²) >= 11 is 5.97. The van der Waals surface area contributed by atoms with Crippen molar-refractivity contribution in [2.45, 2.75) is 58.5 Å². The van der Waals surface area contributed by atoms with Crippen molar-refractivity contribution in [2.75, 3.05) is 13.1 Å². The Bertz CT molecular complexity index is 742. The molecule has 8 nitrogen and oxygen atoms in total. The molecule has 0 spiro atoms. The molecule has 0 aliphatic heterocycles. The smallest absolute Gasteiger partial charge is 0.226 e. The van der Waals surface area contributed by atoms with Crippen LogP contribution in [0.15, 0.2) is 24.3 Å². The number of hydrogen-bond acceptors (Lipinski definition) is 7. The number of nitrogens with one attached hydrogen (secondary N) is 1. The zero-order chi connectivity index (χ0) is 23.6. The summed E-state index contributed by atoms with van der Waals surface area (Å²) in [5, 5.41) is 13.2. The van der Waals surface area contributed by atoms with Gasteiger partial charge in [-0.05, 0) is 37.6 Å². The molecule has 0 saturated carbocycles. The van der Waals surface area contributed by atoms with Gasteiger partial charge >= 0.3 is 0 Å². The van der Waals surface area contributed by atoms with Crippen LogP contribution in [0.4, 0.5) is 0 Å². The van der Waals surface area contributed by atoms with Crippen molar-refractivity contribution in [2.24, 2.45) is 23.3 Å². The first-order valence-corrected chi connectivity index (χ1v) is 10.8. The first-order valence-electron chi connectivity index (χ1n) is 10.4. The third kappa shape index (κ3) is 9.04. The molecule has 0 fully saturated rings. The fourth-order valence-electron chi connectivity index (χ4n) is 3.07. The highest BCUT2D eigenvalue weighted by Gasteiger charge is 2.32. The summed E-state index contributed by atoms with van der Waals surface area (Å²) in [6, 6.07) is 6.19. The number of ketones is 2. The SMILES string of the molecule is CC(C)C(=O)[C@H](CN)NC(=O)[C@@H](CC(=O)C(CCN)OCc1cccc(Cl)c1)C(C)O. The van der Waals surface area contributed by atoms with Gasteiger partial charge in [-0.2, -0.15) is 0 Å². The minimum atomic E-state index is -1.11. The second kappa shape index (κ2) is 13.5. The van der Waals surface area contributed by atoms with Gasteiger partial charge in [0.05, 0.1) is 24.7 Å². The Morgan fingerprint density at radius 1 is 1.19 bits per heavy atom. The zero-order valence-electron chi connectivity index (χ0n) is 18.3. The average molecular weight is 456 g/mol. The van der Waals surface area contributed by atoms with Crippen molar-refractivity contribution < 1.29 is 24.2 Å². The summed E-state index contributed by atoms with van der Waals surface area (Å²) in [6.45, 7) is 5.14. The van der Waals surface area contributed by atoms with E-state index in [4.69, 9.17) is 27.8 Å². The van der Waals surface area contributed by atoms with Gasteiger partial charge in [0, 0.05) is 23.9 Å². The second-order valence-corrected chi connectivity index (χ2v) is 8.31. The molecule has 0 aromatic heterocycles. The number of Topliss-reactive ketones (excluding diaryl/α,β-unsaturated/α-hetero) is 2. The predicted molar refractivity (Wildman–Crippen MR) is 119 cm³/mol. The summed E-state index contributed by atoms with van der Waals surface area (Å²) in [5.74, 6) is -2.52. The Hall–Kier alpha value is -1.84. The summed E-state index contributed by atoms with van der Waals surface area (Å²) in [6.07, 6.45) is -1.93. The number of hydrogen-bond donors (Lipinski definition) is 4. The summed E-state index contributed by atoms with van der Waals surface area (Å²) in [5.41, 5.74) is 12.0. The normalized spacial score (nSPS) is 15.2. The Morgan fingerprint density at radius 2 is 1.87 bits per heavy atom. The topological polar surface area (TPSA) is 145 Å². The highest BCUT2D eigenvalue weighted by atomic mass is 35.5. The minimum Gasteiger partial charge on any atom is -0.393 e. The molecule has 6 N–H and O–H groups in total. The Labute approximate surface area is 188 Å². The second-order valence-electron chi connectivity index (χ2n) is 7.88. The van der Waals surface area contributed by atoms with Gasteiger partial charge in [-0.25, -0.2) is 0 Å². The van der Waals surface area contributed by atoms with E-state index < -0.39 is 30.1 Å². The van der Waals surface area contributed by atoms with Crippen LogP contribution in [0.3, 0.4) is 0 Å². The van der Waals surface area contributed by atoms with Crippen molar-refractivity contribution in [3.8, 4) is 0 Å². The number of carbonyl (C=O) groups is 3. The number of nitrogens with two attached hydrogens (primary N) is 2. The van der Waals surface area contributed by atoms with E-state index in [2.05, 4.69) is 5.32 Å². The molecule has 0 radical (unpaired) electrons. The molecule has 174 valence electrons. The number of aliphatic hydroxyl groups is 1. The van der Waals surface area contributed by atoms with Crippen LogP contribution in [0.25, 0.3) is 0 Å². The highest BCUT2D eigenvalue weighted by Crippen LogP contribution is 2.17. The number of amides is 1. The van der Waals surface area contributed by atoms with Crippen molar-refractivity contribution in [1.82, 2.24) is 5.32 Å². The monoisotopic (exact) mass is 455 g/mol. The summed E-state index contributed by atoms with van der Waals surface area (Å²) in [7, 11) is 0. The van der Waals surface area contributed by atoms with Crippen molar-refractivity contribution in [3.63, 3.8) is 0 Å². The maximum Gasteiger partial charge on any atom is 0.226 e. The van der Waals surface area contributed by atoms with Gasteiger partial charge in [-0.3, -0.25) is 14.4 Å². The maximum absolute atomic E-state index is 12.8. The number of rotatable bonds is 14. The van der Waals surface area contributed by atoms with Crippen molar-refractivity contribution >= 4 is 29.1 Å². The quantitative estimate of drug-likeness (QED) is 0.329. The molecule has 0 saturated heterocycles. The lowest BCUT2D eigenvalue weighted by Gasteiger charge is -2.25. The molecule has 1 rings (SSSR count). The molecule has 0 aliphatic rings. The van der Waals surface area contributed by atoms with Gasteiger partial charge in [0.2, 0.25) is 5.91 Å². The van der Waals surface area contributed by atoms with E-state index in [1.807, 2.05) is 6.07 Å². The summed E-state index contributed by atoms with van der Waals surface area (Å²) < 4.78 is 5.74. The van der Waals surface area contributed by atoms with Gasteiger partial charge in [-0.1, -0.05) is 37.6 Å². The van der Waals surface area contributed by atoms with Gasteiger partial charge in [0.15, 0.2) is 11.6 Å². The molecule has 0 bridgehead atoms. The number of benzene rings is 1. The van der Waals surface area contributed by atoms with E-state index in [9.17, 15) is 19.5 Å². The Balaban J connectivity index is 2.83. The van der Waals surface area contributed by atoms with Crippen molar-refractivity contribution in [1.29, 1.82) is 0 Å². The first kappa shape index (κ1) is 27.2. The zero-order valence-corrected chi connectivity index (χ0v) is 19.1. The third-order valence-corrected chi connectivity index (χ3v) is 5.17. The standard InChI is InChI=1S/C22H34ClN3O5/c1-13(2)21(29)18(11-25)26-22(30)17(14(3)27)10-19(28)20(7-8-24)31-12-15-5-4-6-16(23)9-15/h4-6,9,13-14,17-18,20,27H,7-8,10-12,24-25H2,1-3H3,(H,26,30)/t14?,17-,18-,20?/m0/s1. The molecule has 31 heavy (non-hydrogen) atoms. The van der Waals surface area contributed by atoms with Crippen LogP contribution < -0.4 is 16.8 Å². The lowest BCUT2D eigenvalue weighted by atomic mass is 9.92. The summed E-state index contributed by atoms with van der Waals surface area (Å²) in [4.78, 5) is 37.7. The first-order chi connectivity index (χ1) is 14.6. The number of ether oxygens (including phenoxy) is 1. The molecule has 1 amide bonds. The molecular weight excluding hydrogens is 422 g/mol. The molecule has 2 unspecified atom stereocenters. The average Bonchev–Trinajstić information content (AvgIpc) is 2.72. The van der Waals surface area contributed by atoms with Crippen LogP contribution in [0, 0.1) is 11.8 Å². The van der Waals surface area contributed by atoms with Crippen LogP contribution in [0.5, 0.6) is 0 Å². The molecule has 1 aromatic carbocycles. The fourth-order valence-corrected chi connectivity index (χ4v) is 3.28. The lowest BCUT2D eigenvalue weighted by Crippen LogP contribution is -2.51. The molecular formula is C22H34ClN3O5. The fraction of sp³-hybridized carbons (Fsp3) is 0.591. The molecule has 4 atom stereocenters. The van der Waals surface area contributed by atoms with E-state index >= 15 is 0 Å². The molecule has 0 aliphatic carbocycles. The highest BCUT2D eigenvalue weighted by molar-refractivity contribution is 6.30. The Kier molecular flexibility index (Phi) is 11.9. The van der Waals surface area contributed by atoms with Crippen LogP contribution in [0.2, 0.25) is 5.02 Å². The number of aliphatic hydroxyl groups excluding tert-OH is 1. The van der Waals surface area contributed by atoms with Crippen molar-refractivity contribution in [3.05, 3.63) is 34.9 Å². The van der Waals surface area contributed by atoms with E-state index in [0.29, 0.717) is 5.02 Å². The minimum absolute atomic E-state index is 0.0677. The number of halogens is 1. The van der Waals surface area contributed by atoms with Crippen LogP contribution >= 0.6 is 11.6 Å². The van der Waals surface area contributed by atoms with E-state index in [-0.39, 0.29) is 50.0 Å². The maximum atomic E-state index is 12.8. The molecule has 0 heterocycles. The third-order valence-electron chi connectivity index (χ3n) is 4.93. The van der Waals surface area contributed by atoms with Gasteiger partial charge < -0.3 is 26.6 Å². The predicted octanol–water partition coefficient (Wildman–Crippen LogP) is 1.20. The van der Waals surface area contributed by atoms with Crippen LogP contribution in [-0.2, 0) is 25.7 Å². The van der Waals surface area contributed by atoms with Crippen LogP contribution in [-0.4, -0.2) is 53.9 Å². The van der Waals surface area contributed by atoms with Gasteiger partial charge in [0.25, 0.3) is 0 Å². The van der Waals surface area contributed by atoms with Gasteiger partial charge in [0.1, 0.15) is 6.10 Å². The number of carbonyl (C=O) groups excluding carboxylic acids is 3. The lowest BCUT2D eigenvalue weighted by molar-refractivity contribution is -0.140. The largest absolute Gasteiger partial charge is 0.393 e. The van der Waals surface area contributed by atoms with Crippen LogP contribution in [0.1, 0.15) is 39.2 Å².